The molecule has 0 atom stereocenters. The summed E-state index contributed by atoms with van der Waals surface area (Å²) in [5, 5.41) is 28.8. The lowest BCUT2D eigenvalue weighted by atomic mass is 10.1. The topological polar surface area (TPSA) is 77.8 Å². The molecule has 0 amide bonds. The fourth-order valence-electron chi connectivity index (χ4n) is 1.42. The third-order valence-corrected chi connectivity index (χ3v) is 2.18. The molecule has 0 bridgehead atoms. The number of rotatable bonds is 0. The van der Waals surface area contributed by atoms with Crippen LogP contribution >= 0.6 is 0 Å². The predicted octanol–water partition coefficient (Wildman–Crippen LogP) is 1.32. The smallest absolute Gasteiger partial charge is 0.220 e. The van der Waals surface area contributed by atoms with Crippen LogP contribution in [0.5, 0.6) is 17.2 Å². The van der Waals surface area contributed by atoms with Crippen LogP contribution in [0.25, 0.3) is 10.8 Å². The molecule has 4 nitrogen and oxygen atoms in total. The summed E-state index contributed by atoms with van der Waals surface area (Å²) in [7, 11) is 0. The predicted molar refractivity (Wildman–Crippen MR) is 55.2 cm³/mol. The second kappa shape index (κ2) is 3.16. The first-order chi connectivity index (χ1) is 7.11. The van der Waals surface area contributed by atoms with Gasteiger partial charge in [-0.2, -0.15) is 0 Å². The zero-order chi connectivity index (χ0) is 11.0. The molecular weight excluding hydrogens is 196 g/mol. The molecule has 2 aromatic carbocycles. The number of aromatic hydroxyl groups is 3. The molecule has 0 aliphatic carbocycles. The van der Waals surface area contributed by atoms with E-state index < -0.39 is 16.9 Å². The number of fused-ring (bicyclic) bond motifs is 1. The molecule has 0 radical (unpaired) electrons. The highest BCUT2D eigenvalue weighted by Crippen LogP contribution is 2.36. The molecule has 0 aliphatic rings. The van der Waals surface area contributed by atoms with Crippen LogP contribution in [-0.2, 0) is 0 Å². The quantitative estimate of drug-likeness (QED) is 0.565. The number of phenols is 2. The van der Waals surface area contributed by atoms with Gasteiger partial charge < -0.3 is 15.3 Å². The normalized spacial score (nSPS) is 10.4. The van der Waals surface area contributed by atoms with Crippen molar-refractivity contribution in [1.82, 2.24) is 0 Å². The van der Waals surface area contributed by atoms with E-state index in [2.05, 4.69) is 0 Å². The van der Waals surface area contributed by atoms with E-state index in [1.807, 2.05) is 0 Å². The van der Waals surface area contributed by atoms with E-state index in [1.165, 1.54) is 24.3 Å². The van der Waals surface area contributed by atoms with Crippen molar-refractivity contribution < 1.29 is 15.3 Å². The van der Waals surface area contributed by atoms with Crippen LogP contribution in [0.3, 0.4) is 0 Å². The lowest BCUT2D eigenvalue weighted by Gasteiger charge is -2.01. The minimum Gasteiger partial charge on any atom is -0.504 e. The summed E-state index contributed by atoms with van der Waals surface area (Å²) in [5.41, 5.74) is -0.606. The summed E-state index contributed by atoms with van der Waals surface area (Å²) in [4.78, 5) is 11.3. The third-order valence-electron chi connectivity index (χ3n) is 2.18. The molecule has 2 rings (SSSR count). The van der Waals surface area contributed by atoms with Crippen molar-refractivity contribution in [2.45, 2.75) is 0 Å². The molecule has 0 aliphatic heterocycles. The van der Waals surface area contributed by atoms with E-state index >= 15 is 0 Å². The Kier molecular flexibility index (Phi) is 1.97. The van der Waals surface area contributed by atoms with Crippen LogP contribution < -0.4 is 5.43 Å². The van der Waals surface area contributed by atoms with Gasteiger partial charge in [-0.25, -0.2) is 0 Å². The van der Waals surface area contributed by atoms with Crippen molar-refractivity contribution in [3.05, 3.63) is 40.6 Å². The van der Waals surface area contributed by atoms with Crippen molar-refractivity contribution in [2.24, 2.45) is 0 Å². The Balaban J connectivity index is 3.12. The van der Waals surface area contributed by atoms with Gasteiger partial charge in [0.2, 0.25) is 5.43 Å². The Bertz CT molecular complexity index is 590. The molecule has 0 aromatic heterocycles. The maximum atomic E-state index is 11.3. The zero-order valence-electron chi connectivity index (χ0n) is 7.64. The molecule has 2 aromatic rings. The summed E-state index contributed by atoms with van der Waals surface area (Å²) in [6.45, 7) is 0. The number of hydrogen-bond acceptors (Lipinski definition) is 4. The largest absolute Gasteiger partial charge is 0.504 e. The van der Waals surface area contributed by atoms with E-state index in [-0.39, 0.29) is 11.1 Å². The Morgan fingerprint density at radius 1 is 0.867 bits per heavy atom. The van der Waals surface area contributed by atoms with E-state index in [1.54, 1.807) is 6.07 Å². The highest BCUT2D eigenvalue weighted by molar-refractivity contribution is 5.94. The first-order valence-corrected chi connectivity index (χ1v) is 4.28. The summed E-state index contributed by atoms with van der Waals surface area (Å²) in [6.07, 6.45) is 0. The van der Waals surface area contributed by atoms with Gasteiger partial charge in [-0.15, -0.1) is 0 Å². The van der Waals surface area contributed by atoms with Crippen LogP contribution in [-0.4, -0.2) is 15.3 Å². The minimum atomic E-state index is -0.606. The van der Waals surface area contributed by atoms with Crippen LogP contribution in [0.4, 0.5) is 0 Å². The minimum absolute atomic E-state index is 0.0370. The maximum absolute atomic E-state index is 11.3. The lowest BCUT2D eigenvalue weighted by Crippen LogP contribution is -1.92. The van der Waals surface area contributed by atoms with Gasteiger partial charge in [-0.3, -0.25) is 4.79 Å². The van der Waals surface area contributed by atoms with Crippen molar-refractivity contribution >= 4 is 10.8 Å². The van der Waals surface area contributed by atoms with Crippen molar-refractivity contribution in [3.8, 4) is 17.2 Å². The Labute approximate surface area is 84.7 Å². The molecule has 0 heterocycles. The maximum Gasteiger partial charge on any atom is 0.220 e. The van der Waals surface area contributed by atoms with Crippen molar-refractivity contribution in [3.63, 3.8) is 0 Å². The first-order valence-electron chi connectivity index (χ1n) is 4.28. The van der Waals surface area contributed by atoms with Gasteiger partial charge in [0.05, 0.1) is 5.39 Å². The standard InChI is InChI=1S/C11H8O4/c12-7-3-1-2-6-4-5-8(13)11(15)9(6)10(7)14/h1-5,13,15H,(H,12,14). The van der Waals surface area contributed by atoms with Gasteiger partial charge in [0.25, 0.3) is 0 Å². The fraction of sp³-hybridized carbons (Fsp3) is 0. The number of benzene rings is 1. The van der Waals surface area contributed by atoms with E-state index in [4.69, 9.17) is 0 Å². The first kappa shape index (κ1) is 9.33. The fourth-order valence-corrected chi connectivity index (χ4v) is 1.42. The lowest BCUT2D eigenvalue weighted by molar-refractivity contribution is 0.405. The molecule has 76 valence electrons. The van der Waals surface area contributed by atoms with Crippen LogP contribution in [0, 0.1) is 0 Å². The average Bonchev–Trinajstić information content (AvgIpc) is 2.35. The third kappa shape index (κ3) is 1.36. The number of hydrogen-bond donors (Lipinski definition) is 3. The van der Waals surface area contributed by atoms with Gasteiger partial charge in [0, 0.05) is 0 Å². The van der Waals surface area contributed by atoms with Crippen LogP contribution in [0.1, 0.15) is 0 Å². The second-order valence-electron chi connectivity index (χ2n) is 3.14. The number of phenolic OH excluding ortho intramolecular Hbond substituents is 2. The SMILES string of the molecule is O=c1cccc2ccc(O)c(O)c2c1O. The molecule has 15 heavy (non-hydrogen) atoms. The van der Waals surface area contributed by atoms with E-state index in [0.29, 0.717) is 5.39 Å². The van der Waals surface area contributed by atoms with Crippen molar-refractivity contribution in [2.75, 3.05) is 0 Å². The summed E-state index contributed by atoms with van der Waals surface area (Å²) in [5.74, 6) is -1.43. The molecule has 3 N–H and O–H groups in total. The van der Waals surface area contributed by atoms with Gasteiger partial charge in [0.15, 0.2) is 17.2 Å². The van der Waals surface area contributed by atoms with Gasteiger partial charge in [-0.1, -0.05) is 18.2 Å². The van der Waals surface area contributed by atoms with Crippen molar-refractivity contribution in [1.29, 1.82) is 0 Å². The van der Waals surface area contributed by atoms with Crippen LogP contribution in [0.15, 0.2) is 35.1 Å². The Morgan fingerprint density at radius 2 is 1.60 bits per heavy atom. The zero-order valence-corrected chi connectivity index (χ0v) is 7.64. The van der Waals surface area contributed by atoms with Gasteiger partial charge in [-0.05, 0) is 17.5 Å². The van der Waals surface area contributed by atoms with E-state index in [9.17, 15) is 20.1 Å². The highest BCUT2D eigenvalue weighted by Gasteiger charge is 2.10. The monoisotopic (exact) mass is 204 g/mol. The molecule has 0 spiro atoms. The van der Waals surface area contributed by atoms with Crippen LogP contribution in [0.2, 0.25) is 0 Å². The average molecular weight is 204 g/mol. The second-order valence-corrected chi connectivity index (χ2v) is 3.14. The molecule has 0 saturated carbocycles. The molecule has 4 heteroatoms. The highest BCUT2D eigenvalue weighted by atomic mass is 16.3. The Hall–Kier alpha value is -2.23. The van der Waals surface area contributed by atoms with Gasteiger partial charge in [0.1, 0.15) is 0 Å². The Morgan fingerprint density at radius 3 is 2.33 bits per heavy atom. The van der Waals surface area contributed by atoms with Gasteiger partial charge >= 0.3 is 0 Å². The molecule has 0 fully saturated rings. The summed E-state index contributed by atoms with van der Waals surface area (Å²) >= 11 is 0. The summed E-state index contributed by atoms with van der Waals surface area (Å²) in [6, 6.07) is 7.02. The molecular formula is C11H8O4. The summed E-state index contributed by atoms with van der Waals surface area (Å²) < 4.78 is 0. The molecule has 0 unspecified atom stereocenters. The molecule has 0 saturated heterocycles. The van der Waals surface area contributed by atoms with E-state index in [0.717, 1.165) is 0 Å².